The van der Waals surface area contributed by atoms with Crippen molar-refractivity contribution in [3.8, 4) is 0 Å². The first-order valence-electron chi connectivity index (χ1n) is 7.12. The average molecular weight is 353 g/mol. The minimum Gasteiger partial charge on any atom is -0.459 e. The quantitative estimate of drug-likeness (QED) is 0.397. The second kappa shape index (κ2) is 6.38. The van der Waals surface area contributed by atoms with Gasteiger partial charge in [-0.25, -0.2) is 4.98 Å². The molecule has 5 nitrogen and oxygen atoms in total. The molecule has 0 saturated carbocycles. The Morgan fingerprint density at radius 3 is 2.83 bits per heavy atom. The first kappa shape index (κ1) is 14.8. The zero-order chi connectivity index (χ0) is 16.4. The summed E-state index contributed by atoms with van der Waals surface area (Å²) >= 11 is 2.96. The van der Waals surface area contributed by atoms with E-state index >= 15 is 0 Å². The number of para-hydroxylation sites is 1. The minimum absolute atomic E-state index is 0.220. The number of hydrazone groups is 1. The number of nitrogens with zero attached hydrogens (tertiary/aromatic N) is 3. The van der Waals surface area contributed by atoms with Gasteiger partial charge in [-0.3, -0.25) is 4.79 Å². The number of carbonyl (C=O) groups is 1. The number of carbonyl (C=O) groups excluding carboxylic acids is 1. The third-order valence-electron chi connectivity index (χ3n) is 3.23. The molecule has 0 aliphatic heterocycles. The number of benzene rings is 1. The van der Waals surface area contributed by atoms with Crippen LogP contribution in [0.25, 0.3) is 10.2 Å². The second-order valence-corrected chi connectivity index (χ2v) is 6.81. The molecule has 1 amide bonds. The van der Waals surface area contributed by atoms with Gasteiger partial charge in [-0.05, 0) is 35.7 Å². The molecular formula is C17H11N3O2S2. The van der Waals surface area contributed by atoms with E-state index < -0.39 is 0 Å². The molecule has 4 aromatic rings. The van der Waals surface area contributed by atoms with Gasteiger partial charge in [-0.1, -0.05) is 29.5 Å². The summed E-state index contributed by atoms with van der Waals surface area (Å²) in [4.78, 5) is 18.2. The molecule has 0 fully saturated rings. The van der Waals surface area contributed by atoms with Crippen molar-refractivity contribution >= 4 is 50.1 Å². The highest BCUT2D eigenvalue weighted by molar-refractivity contribution is 7.22. The Morgan fingerprint density at radius 2 is 2.08 bits per heavy atom. The summed E-state index contributed by atoms with van der Waals surface area (Å²) in [5.74, 6) is -0.135. The molecule has 0 radical (unpaired) electrons. The number of anilines is 1. The van der Waals surface area contributed by atoms with Crippen LogP contribution in [-0.4, -0.2) is 17.1 Å². The van der Waals surface area contributed by atoms with Gasteiger partial charge >= 0.3 is 5.91 Å². The number of thiophene rings is 1. The van der Waals surface area contributed by atoms with E-state index in [0.717, 1.165) is 15.1 Å². The Balaban J connectivity index is 1.75. The van der Waals surface area contributed by atoms with Crippen molar-refractivity contribution in [2.24, 2.45) is 5.10 Å². The molecule has 0 unspecified atom stereocenters. The number of hydrogen-bond acceptors (Lipinski definition) is 6. The molecule has 3 heterocycles. The maximum absolute atomic E-state index is 12.7. The number of rotatable bonds is 4. The van der Waals surface area contributed by atoms with Crippen molar-refractivity contribution in [2.45, 2.75) is 0 Å². The van der Waals surface area contributed by atoms with Crippen LogP contribution in [0.1, 0.15) is 15.4 Å². The predicted molar refractivity (Wildman–Crippen MR) is 97.1 cm³/mol. The predicted octanol–water partition coefficient (Wildman–Crippen LogP) is 4.63. The highest BCUT2D eigenvalue weighted by Crippen LogP contribution is 2.30. The molecule has 118 valence electrons. The molecule has 7 heteroatoms. The van der Waals surface area contributed by atoms with E-state index in [1.54, 1.807) is 29.7 Å². The molecule has 4 rings (SSSR count). The fraction of sp³-hybridized carbons (Fsp3) is 0. The van der Waals surface area contributed by atoms with E-state index in [1.165, 1.54) is 22.6 Å². The van der Waals surface area contributed by atoms with E-state index in [1.807, 2.05) is 41.8 Å². The smallest absolute Gasteiger partial charge is 0.316 e. The summed E-state index contributed by atoms with van der Waals surface area (Å²) in [6.45, 7) is 0. The van der Waals surface area contributed by atoms with Gasteiger partial charge in [0, 0.05) is 4.88 Å². The van der Waals surface area contributed by atoms with E-state index in [4.69, 9.17) is 4.42 Å². The van der Waals surface area contributed by atoms with Crippen LogP contribution >= 0.6 is 22.7 Å². The molecule has 3 aromatic heterocycles. The van der Waals surface area contributed by atoms with Crippen LogP contribution in [0, 0.1) is 0 Å². The van der Waals surface area contributed by atoms with Gasteiger partial charge < -0.3 is 4.42 Å². The van der Waals surface area contributed by atoms with E-state index in [2.05, 4.69) is 10.1 Å². The first-order valence-corrected chi connectivity index (χ1v) is 8.82. The van der Waals surface area contributed by atoms with Crippen LogP contribution in [0.2, 0.25) is 0 Å². The summed E-state index contributed by atoms with van der Waals surface area (Å²) < 4.78 is 6.22. The van der Waals surface area contributed by atoms with Crippen molar-refractivity contribution in [2.75, 3.05) is 5.01 Å². The number of aromatic nitrogens is 1. The van der Waals surface area contributed by atoms with Crippen LogP contribution in [0.5, 0.6) is 0 Å². The lowest BCUT2D eigenvalue weighted by Gasteiger charge is -2.11. The average Bonchev–Trinajstić information content (AvgIpc) is 3.35. The van der Waals surface area contributed by atoms with Gasteiger partial charge in [0.25, 0.3) is 0 Å². The highest BCUT2D eigenvalue weighted by Gasteiger charge is 2.22. The normalized spacial score (nSPS) is 11.3. The molecule has 0 aliphatic carbocycles. The van der Waals surface area contributed by atoms with Gasteiger partial charge in [0.15, 0.2) is 5.76 Å². The van der Waals surface area contributed by atoms with Crippen LogP contribution in [0.15, 0.2) is 69.7 Å². The molecule has 0 aliphatic rings. The summed E-state index contributed by atoms with van der Waals surface area (Å²) in [6, 6.07) is 14.9. The van der Waals surface area contributed by atoms with Crippen molar-refractivity contribution in [3.05, 3.63) is 70.8 Å². The fourth-order valence-corrected chi connectivity index (χ4v) is 3.62. The standard InChI is InChI=1S/C17H11N3O2S2/c21-16(14-7-3-9-22-14)20(18-11-12-5-4-10-23-12)17-19-13-6-1-2-8-15(13)24-17/h1-11H. The van der Waals surface area contributed by atoms with Gasteiger partial charge in [0.1, 0.15) is 0 Å². The topological polar surface area (TPSA) is 58.7 Å². The SMILES string of the molecule is O=C(c1ccco1)N(N=Cc1cccs1)c1nc2ccccc2s1. The van der Waals surface area contributed by atoms with Crippen molar-refractivity contribution in [1.82, 2.24) is 4.98 Å². The van der Waals surface area contributed by atoms with E-state index in [-0.39, 0.29) is 11.7 Å². The minimum atomic E-state index is -0.355. The molecule has 0 N–H and O–H groups in total. The fourth-order valence-electron chi connectivity index (χ4n) is 2.12. The summed E-state index contributed by atoms with van der Waals surface area (Å²) in [5, 5.41) is 8.09. The van der Waals surface area contributed by atoms with Crippen molar-refractivity contribution in [3.63, 3.8) is 0 Å². The molecule has 0 spiro atoms. The van der Waals surface area contributed by atoms with Gasteiger partial charge in [-0.15, -0.1) is 11.3 Å². The zero-order valence-electron chi connectivity index (χ0n) is 12.3. The third kappa shape index (κ3) is 2.86. The molecule has 0 saturated heterocycles. The summed E-state index contributed by atoms with van der Waals surface area (Å²) in [7, 11) is 0. The zero-order valence-corrected chi connectivity index (χ0v) is 14.0. The second-order valence-electron chi connectivity index (χ2n) is 4.82. The van der Waals surface area contributed by atoms with Gasteiger partial charge in [-0.2, -0.15) is 10.1 Å². The number of hydrogen-bond donors (Lipinski definition) is 0. The summed E-state index contributed by atoms with van der Waals surface area (Å²) in [5.41, 5.74) is 0.834. The van der Waals surface area contributed by atoms with E-state index in [0.29, 0.717) is 5.13 Å². The van der Waals surface area contributed by atoms with Gasteiger partial charge in [0.05, 0.1) is 22.7 Å². The third-order valence-corrected chi connectivity index (χ3v) is 5.05. The van der Waals surface area contributed by atoms with Gasteiger partial charge in [0.2, 0.25) is 5.13 Å². The van der Waals surface area contributed by atoms with Crippen molar-refractivity contribution in [1.29, 1.82) is 0 Å². The van der Waals surface area contributed by atoms with Crippen LogP contribution in [-0.2, 0) is 0 Å². The first-order chi connectivity index (χ1) is 11.8. The van der Waals surface area contributed by atoms with Crippen LogP contribution in [0.3, 0.4) is 0 Å². The maximum atomic E-state index is 12.7. The Hall–Kier alpha value is -2.77. The molecular weight excluding hydrogens is 342 g/mol. The number of fused-ring (bicyclic) bond motifs is 1. The lowest BCUT2D eigenvalue weighted by atomic mass is 10.3. The Morgan fingerprint density at radius 1 is 1.17 bits per heavy atom. The van der Waals surface area contributed by atoms with Crippen LogP contribution in [0.4, 0.5) is 5.13 Å². The number of thiazole rings is 1. The summed E-state index contributed by atoms with van der Waals surface area (Å²) in [6.07, 6.45) is 3.12. The largest absolute Gasteiger partial charge is 0.459 e. The highest BCUT2D eigenvalue weighted by atomic mass is 32.1. The van der Waals surface area contributed by atoms with E-state index in [9.17, 15) is 4.79 Å². The molecule has 0 bridgehead atoms. The molecule has 0 atom stereocenters. The number of furan rings is 1. The Bertz CT molecular complexity index is 955. The Labute approximate surface area is 145 Å². The molecule has 1 aromatic carbocycles. The lowest BCUT2D eigenvalue weighted by Crippen LogP contribution is -2.25. The molecule has 24 heavy (non-hydrogen) atoms. The van der Waals surface area contributed by atoms with Crippen LogP contribution < -0.4 is 5.01 Å². The lowest BCUT2D eigenvalue weighted by molar-refractivity contribution is 0.0961. The maximum Gasteiger partial charge on any atom is 0.316 e. The van der Waals surface area contributed by atoms with Crippen molar-refractivity contribution < 1.29 is 9.21 Å². The number of amides is 1. The Kier molecular flexibility index (Phi) is 3.94. The monoisotopic (exact) mass is 353 g/mol.